The second-order valence-corrected chi connectivity index (χ2v) is 9.10. The number of aryl methyl sites for hydroxylation is 1. The Bertz CT molecular complexity index is 1080. The Labute approximate surface area is 158 Å². The van der Waals surface area contributed by atoms with Crippen molar-refractivity contribution < 1.29 is 13.2 Å². The minimum Gasteiger partial charge on any atom is -0.358 e. The molecular formula is C20H23N3O3S. The van der Waals surface area contributed by atoms with Gasteiger partial charge in [0, 0.05) is 22.6 Å². The Morgan fingerprint density at radius 2 is 1.93 bits per heavy atom. The van der Waals surface area contributed by atoms with Gasteiger partial charge in [0.15, 0.2) is 0 Å². The zero-order chi connectivity index (χ0) is 19.3. The van der Waals surface area contributed by atoms with Crippen LogP contribution in [0.4, 0.5) is 5.69 Å². The predicted molar refractivity (Wildman–Crippen MR) is 106 cm³/mol. The van der Waals surface area contributed by atoms with Crippen LogP contribution < -0.4 is 10.5 Å². The molecule has 0 spiro atoms. The monoisotopic (exact) mass is 385 g/mol. The Balaban J connectivity index is 1.87. The van der Waals surface area contributed by atoms with Crippen LogP contribution in [-0.4, -0.2) is 19.3 Å². The zero-order valence-electron chi connectivity index (χ0n) is 15.4. The molecule has 142 valence electrons. The molecule has 2 heterocycles. The van der Waals surface area contributed by atoms with Crippen molar-refractivity contribution in [3.05, 3.63) is 46.3 Å². The van der Waals surface area contributed by atoms with Crippen molar-refractivity contribution in [3.63, 3.8) is 0 Å². The van der Waals surface area contributed by atoms with Gasteiger partial charge >= 0.3 is 0 Å². The van der Waals surface area contributed by atoms with Gasteiger partial charge in [0.25, 0.3) is 5.91 Å². The summed E-state index contributed by atoms with van der Waals surface area (Å²) in [6.45, 7) is 4.31. The largest absolute Gasteiger partial charge is 0.358 e. The van der Waals surface area contributed by atoms with E-state index in [0.29, 0.717) is 22.7 Å². The molecule has 0 saturated carbocycles. The summed E-state index contributed by atoms with van der Waals surface area (Å²) >= 11 is 0. The Morgan fingerprint density at radius 1 is 1.19 bits per heavy atom. The summed E-state index contributed by atoms with van der Waals surface area (Å²) < 4.78 is 23.4. The number of rotatable bonds is 3. The lowest BCUT2D eigenvalue weighted by Crippen LogP contribution is -2.12. The minimum atomic E-state index is -3.84. The molecule has 0 saturated heterocycles. The lowest BCUT2D eigenvalue weighted by Gasteiger charge is -2.14. The molecule has 0 atom stereocenters. The molecule has 2 aromatic rings. The molecule has 1 aliphatic heterocycles. The molecule has 0 fully saturated rings. The fourth-order valence-corrected chi connectivity index (χ4v) is 4.68. The van der Waals surface area contributed by atoms with Gasteiger partial charge in [-0.25, -0.2) is 13.6 Å². The highest BCUT2D eigenvalue weighted by Gasteiger charge is 2.28. The summed E-state index contributed by atoms with van der Waals surface area (Å²) in [5.74, 6) is 0.0912. The van der Waals surface area contributed by atoms with Crippen molar-refractivity contribution in [2.45, 2.75) is 50.3 Å². The quantitative estimate of drug-likeness (QED) is 0.707. The van der Waals surface area contributed by atoms with E-state index in [1.54, 1.807) is 6.07 Å². The number of aromatic amines is 1. The van der Waals surface area contributed by atoms with Crippen molar-refractivity contribution in [1.29, 1.82) is 0 Å². The van der Waals surface area contributed by atoms with Gasteiger partial charge in [-0.15, -0.1) is 0 Å². The van der Waals surface area contributed by atoms with Gasteiger partial charge in [0.2, 0.25) is 10.0 Å². The molecule has 4 N–H and O–H groups in total. The molecule has 2 aliphatic rings. The first-order valence-corrected chi connectivity index (χ1v) is 10.7. The van der Waals surface area contributed by atoms with Crippen molar-refractivity contribution in [2.24, 2.45) is 5.14 Å². The number of anilines is 1. The lowest BCUT2D eigenvalue weighted by atomic mass is 9.89. The normalized spacial score (nSPS) is 17.9. The molecule has 4 rings (SSSR count). The third kappa shape index (κ3) is 3.11. The third-order valence-electron chi connectivity index (χ3n) is 5.34. The van der Waals surface area contributed by atoms with E-state index in [9.17, 15) is 13.2 Å². The van der Waals surface area contributed by atoms with Crippen LogP contribution >= 0.6 is 0 Å². The number of H-pyrrole nitrogens is 1. The number of carbonyl (C=O) groups excluding carboxylic acids is 1. The molecule has 1 aliphatic carbocycles. The average molecular weight is 385 g/mol. The fourth-order valence-electron chi connectivity index (χ4n) is 4.14. The first-order chi connectivity index (χ1) is 12.8. The SMILES string of the molecule is CC(C)c1c(C=C2C(=O)Nc3ccc(S(N)(=O)=O)cc32)[nH]c2c1CCCC2. The second-order valence-electron chi connectivity index (χ2n) is 7.54. The number of carbonyl (C=O) groups is 1. The van der Waals surface area contributed by atoms with Crippen LogP contribution in [0.15, 0.2) is 23.1 Å². The van der Waals surface area contributed by atoms with Crippen LogP contribution in [-0.2, 0) is 27.7 Å². The molecule has 1 amide bonds. The molecule has 27 heavy (non-hydrogen) atoms. The second kappa shape index (κ2) is 6.35. The molecular weight excluding hydrogens is 362 g/mol. The maximum absolute atomic E-state index is 12.5. The van der Waals surface area contributed by atoms with Crippen LogP contribution in [0.3, 0.4) is 0 Å². The molecule has 0 unspecified atom stereocenters. The molecule has 6 nitrogen and oxygen atoms in total. The van der Waals surface area contributed by atoms with E-state index in [2.05, 4.69) is 24.1 Å². The summed E-state index contributed by atoms with van der Waals surface area (Å²) in [7, 11) is -3.84. The highest BCUT2D eigenvalue weighted by atomic mass is 32.2. The van der Waals surface area contributed by atoms with Crippen LogP contribution in [0.2, 0.25) is 0 Å². The molecule has 0 bridgehead atoms. The fraction of sp³-hybridized carbons (Fsp3) is 0.350. The van der Waals surface area contributed by atoms with Crippen molar-refractivity contribution in [2.75, 3.05) is 5.32 Å². The molecule has 0 radical (unpaired) electrons. The van der Waals surface area contributed by atoms with Crippen molar-refractivity contribution in [1.82, 2.24) is 4.98 Å². The smallest absolute Gasteiger partial charge is 0.256 e. The maximum Gasteiger partial charge on any atom is 0.256 e. The number of amides is 1. The Hall–Kier alpha value is -2.38. The first kappa shape index (κ1) is 18.0. The standard InChI is InChI=1S/C20H23N3O3S/c1-11(2)19-13-5-3-4-6-16(13)22-18(19)10-15-14-9-12(27(21,25)26)7-8-17(14)23-20(15)24/h7-11,22H,3-6H2,1-2H3,(H,23,24)(H2,21,25,26). The van der Waals surface area contributed by atoms with E-state index in [1.807, 2.05) is 6.08 Å². The van der Waals surface area contributed by atoms with E-state index >= 15 is 0 Å². The molecule has 1 aromatic heterocycles. The Kier molecular flexibility index (Phi) is 4.24. The number of nitrogens with one attached hydrogen (secondary N) is 2. The predicted octanol–water partition coefficient (Wildman–Crippen LogP) is 3.16. The lowest BCUT2D eigenvalue weighted by molar-refractivity contribution is -0.110. The van der Waals surface area contributed by atoms with E-state index in [4.69, 9.17) is 5.14 Å². The average Bonchev–Trinajstić information content (AvgIpc) is 3.11. The minimum absolute atomic E-state index is 0.00138. The highest BCUT2D eigenvalue weighted by Crippen LogP contribution is 2.38. The van der Waals surface area contributed by atoms with Crippen LogP contribution in [0.5, 0.6) is 0 Å². The number of hydrogen-bond donors (Lipinski definition) is 3. The van der Waals surface area contributed by atoms with E-state index < -0.39 is 10.0 Å². The summed E-state index contributed by atoms with van der Waals surface area (Å²) in [5, 5.41) is 8.05. The van der Waals surface area contributed by atoms with Gasteiger partial charge in [-0.2, -0.15) is 0 Å². The van der Waals surface area contributed by atoms with Gasteiger partial charge in [-0.05, 0) is 67.0 Å². The van der Waals surface area contributed by atoms with Crippen molar-refractivity contribution >= 4 is 33.3 Å². The maximum atomic E-state index is 12.5. The number of benzene rings is 1. The Morgan fingerprint density at radius 3 is 2.63 bits per heavy atom. The van der Waals surface area contributed by atoms with Gasteiger partial charge in [-0.3, -0.25) is 4.79 Å². The van der Waals surface area contributed by atoms with Gasteiger partial charge in [0.1, 0.15) is 0 Å². The summed E-state index contributed by atoms with van der Waals surface area (Å²) in [4.78, 5) is 16.1. The van der Waals surface area contributed by atoms with Gasteiger partial charge in [0.05, 0.1) is 10.5 Å². The number of sulfonamides is 1. The van der Waals surface area contributed by atoms with Crippen LogP contribution in [0.25, 0.3) is 11.6 Å². The first-order valence-electron chi connectivity index (χ1n) is 9.19. The van der Waals surface area contributed by atoms with E-state index in [1.165, 1.54) is 41.8 Å². The number of nitrogens with two attached hydrogens (primary N) is 1. The number of primary sulfonamides is 1. The number of fused-ring (bicyclic) bond motifs is 2. The highest BCUT2D eigenvalue weighted by molar-refractivity contribution is 7.89. The molecule has 1 aromatic carbocycles. The number of aromatic nitrogens is 1. The van der Waals surface area contributed by atoms with E-state index in [0.717, 1.165) is 18.5 Å². The molecule has 7 heteroatoms. The summed E-state index contributed by atoms with van der Waals surface area (Å²) in [6.07, 6.45) is 6.28. The van der Waals surface area contributed by atoms with Crippen molar-refractivity contribution in [3.8, 4) is 0 Å². The van der Waals surface area contributed by atoms with Gasteiger partial charge in [-0.1, -0.05) is 13.8 Å². The topological polar surface area (TPSA) is 105 Å². The summed E-state index contributed by atoms with van der Waals surface area (Å²) in [6, 6.07) is 4.45. The van der Waals surface area contributed by atoms with Crippen LogP contribution in [0, 0.1) is 0 Å². The zero-order valence-corrected chi connectivity index (χ0v) is 16.2. The van der Waals surface area contributed by atoms with Crippen LogP contribution in [0.1, 0.15) is 60.7 Å². The third-order valence-corrected chi connectivity index (χ3v) is 6.25. The number of hydrogen-bond acceptors (Lipinski definition) is 3. The summed E-state index contributed by atoms with van der Waals surface area (Å²) in [5.41, 5.74) is 6.44. The van der Waals surface area contributed by atoms with E-state index in [-0.39, 0.29) is 10.8 Å². The van der Waals surface area contributed by atoms with Gasteiger partial charge < -0.3 is 10.3 Å².